The van der Waals surface area contributed by atoms with Crippen LogP contribution < -0.4 is 0 Å². The molecule has 6 heteroatoms. The SMILES string of the molecule is c1cc(-c2nc(CN3CCc4c(ncn4C4CC4)C3)cs2)cs1. The summed E-state index contributed by atoms with van der Waals surface area (Å²) in [5.74, 6) is 0. The van der Waals surface area contributed by atoms with Gasteiger partial charge in [-0.1, -0.05) is 0 Å². The quantitative estimate of drug-likeness (QED) is 0.720. The summed E-state index contributed by atoms with van der Waals surface area (Å²) in [6.07, 6.45) is 5.84. The van der Waals surface area contributed by atoms with Crippen LogP contribution in [0.3, 0.4) is 0 Å². The number of rotatable bonds is 4. The van der Waals surface area contributed by atoms with Gasteiger partial charge in [-0.05, 0) is 24.3 Å². The topological polar surface area (TPSA) is 34.0 Å². The molecule has 5 rings (SSSR count). The fourth-order valence-electron chi connectivity index (χ4n) is 3.32. The maximum absolute atomic E-state index is 4.80. The van der Waals surface area contributed by atoms with Crippen molar-refractivity contribution in [3.63, 3.8) is 0 Å². The van der Waals surface area contributed by atoms with Gasteiger partial charge in [0.2, 0.25) is 0 Å². The van der Waals surface area contributed by atoms with Crippen molar-refractivity contribution in [1.82, 2.24) is 19.4 Å². The van der Waals surface area contributed by atoms with Gasteiger partial charge < -0.3 is 4.57 Å². The lowest BCUT2D eigenvalue weighted by Gasteiger charge is -2.26. The summed E-state index contributed by atoms with van der Waals surface area (Å²) in [5, 5.41) is 7.61. The maximum Gasteiger partial charge on any atom is 0.124 e. The molecule has 1 saturated carbocycles. The summed E-state index contributed by atoms with van der Waals surface area (Å²) in [5.41, 5.74) is 5.18. The van der Waals surface area contributed by atoms with Crippen molar-refractivity contribution < 1.29 is 0 Å². The summed E-state index contributed by atoms with van der Waals surface area (Å²) in [6.45, 7) is 2.99. The lowest BCUT2D eigenvalue weighted by atomic mass is 10.1. The number of thiazole rings is 1. The van der Waals surface area contributed by atoms with E-state index in [4.69, 9.17) is 4.98 Å². The fraction of sp³-hybridized carbons (Fsp3) is 0.412. The number of imidazole rings is 1. The van der Waals surface area contributed by atoms with E-state index in [2.05, 4.69) is 43.0 Å². The Hall–Kier alpha value is -1.50. The first-order valence-electron chi connectivity index (χ1n) is 8.11. The van der Waals surface area contributed by atoms with Crippen LogP contribution in [0.15, 0.2) is 28.5 Å². The van der Waals surface area contributed by atoms with Crippen LogP contribution in [-0.2, 0) is 19.5 Å². The molecule has 1 aliphatic heterocycles. The van der Waals surface area contributed by atoms with Gasteiger partial charge in [0.15, 0.2) is 0 Å². The van der Waals surface area contributed by atoms with Crippen molar-refractivity contribution in [2.24, 2.45) is 0 Å². The fourth-order valence-corrected chi connectivity index (χ4v) is 4.84. The average Bonchev–Trinajstić information content (AvgIpc) is 2.99. The highest BCUT2D eigenvalue weighted by molar-refractivity contribution is 7.14. The van der Waals surface area contributed by atoms with Crippen LogP contribution in [0.5, 0.6) is 0 Å². The van der Waals surface area contributed by atoms with Crippen LogP contribution in [0.25, 0.3) is 10.6 Å². The third-order valence-corrected chi connectivity index (χ3v) is 6.29. The van der Waals surface area contributed by atoms with Crippen molar-refractivity contribution >= 4 is 22.7 Å². The minimum Gasteiger partial charge on any atom is -0.331 e. The van der Waals surface area contributed by atoms with E-state index >= 15 is 0 Å². The van der Waals surface area contributed by atoms with E-state index < -0.39 is 0 Å². The van der Waals surface area contributed by atoms with E-state index in [1.165, 1.54) is 35.5 Å². The van der Waals surface area contributed by atoms with Crippen molar-refractivity contribution in [3.05, 3.63) is 45.6 Å². The Kier molecular flexibility index (Phi) is 3.35. The molecule has 4 nitrogen and oxygen atoms in total. The van der Waals surface area contributed by atoms with Gasteiger partial charge in [0.05, 0.1) is 17.7 Å². The molecule has 0 atom stereocenters. The van der Waals surface area contributed by atoms with Gasteiger partial charge >= 0.3 is 0 Å². The number of hydrogen-bond donors (Lipinski definition) is 0. The Labute approximate surface area is 143 Å². The highest BCUT2D eigenvalue weighted by atomic mass is 32.1. The first-order chi connectivity index (χ1) is 11.4. The van der Waals surface area contributed by atoms with E-state index in [-0.39, 0.29) is 0 Å². The Bertz CT molecular complexity index is 814. The molecule has 3 aromatic heterocycles. The Morgan fingerprint density at radius 3 is 3.04 bits per heavy atom. The van der Waals surface area contributed by atoms with Crippen LogP contribution in [-0.4, -0.2) is 26.0 Å². The summed E-state index contributed by atoms with van der Waals surface area (Å²) in [4.78, 5) is 11.9. The lowest BCUT2D eigenvalue weighted by Crippen LogP contribution is -2.31. The molecule has 0 saturated heterocycles. The van der Waals surface area contributed by atoms with Crippen LogP contribution in [0.1, 0.15) is 36.0 Å². The van der Waals surface area contributed by atoms with E-state index in [0.717, 1.165) is 37.1 Å². The third-order valence-electron chi connectivity index (χ3n) is 4.67. The van der Waals surface area contributed by atoms with Crippen molar-refractivity contribution in [3.8, 4) is 10.6 Å². The second-order valence-corrected chi connectivity index (χ2v) is 8.03. The van der Waals surface area contributed by atoms with Gasteiger partial charge in [0.25, 0.3) is 0 Å². The molecule has 0 unspecified atom stereocenters. The number of nitrogens with zero attached hydrogens (tertiary/aromatic N) is 4. The van der Waals surface area contributed by atoms with Crippen molar-refractivity contribution in [1.29, 1.82) is 0 Å². The summed E-state index contributed by atoms with van der Waals surface area (Å²) in [7, 11) is 0. The van der Waals surface area contributed by atoms with Crippen LogP contribution in [0.4, 0.5) is 0 Å². The zero-order valence-corrected chi connectivity index (χ0v) is 14.4. The van der Waals surface area contributed by atoms with Gasteiger partial charge in [-0.3, -0.25) is 4.90 Å². The first kappa shape index (κ1) is 13.9. The zero-order valence-electron chi connectivity index (χ0n) is 12.8. The molecule has 0 spiro atoms. The highest BCUT2D eigenvalue weighted by Gasteiger charge is 2.29. The Morgan fingerprint density at radius 1 is 1.26 bits per heavy atom. The van der Waals surface area contributed by atoms with E-state index in [1.807, 2.05) is 0 Å². The normalized spacial score (nSPS) is 18.3. The monoisotopic (exact) mass is 342 g/mol. The summed E-state index contributed by atoms with van der Waals surface area (Å²) < 4.78 is 2.42. The molecule has 1 aliphatic carbocycles. The third kappa shape index (κ3) is 2.65. The second kappa shape index (κ2) is 5.54. The molecule has 0 bridgehead atoms. The molecule has 3 aromatic rings. The Morgan fingerprint density at radius 2 is 2.22 bits per heavy atom. The molecule has 0 aromatic carbocycles. The van der Waals surface area contributed by atoms with E-state index in [0.29, 0.717) is 0 Å². The minimum atomic E-state index is 0.740. The highest BCUT2D eigenvalue weighted by Crippen LogP contribution is 2.37. The predicted molar refractivity (Wildman–Crippen MR) is 93.7 cm³/mol. The molecule has 0 radical (unpaired) electrons. The number of hydrogen-bond acceptors (Lipinski definition) is 5. The van der Waals surface area contributed by atoms with Gasteiger partial charge in [-0.15, -0.1) is 11.3 Å². The molecule has 118 valence electrons. The zero-order chi connectivity index (χ0) is 15.2. The minimum absolute atomic E-state index is 0.740. The van der Waals surface area contributed by atoms with E-state index in [1.54, 1.807) is 22.7 Å². The van der Waals surface area contributed by atoms with Crippen molar-refractivity contribution in [2.75, 3.05) is 6.54 Å². The average molecular weight is 342 g/mol. The lowest BCUT2D eigenvalue weighted by molar-refractivity contribution is 0.237. The van der Waals surface area contributed by atoms with Gasteiger partial charge in [0, 0.05) is 54.1 Å². The van der Waals surface area contributed by atoms with E-state index in [9.17, 15) is 0 Å². The molecule has 1 fully saturated rings. The van der Waals surface area contributed by atoms with Crippen molar-refractivity contribution in [2.45, 2.75) is 38.4 Å². The number of thiophene rings is 1. The second-order valence-electron chi connectivity index (χ2n) is 6.39. The van der Waals surface area contributed by atoms with Gasteiger partial charge in [-0.2, -0.15) is 11.3 Å². The predicted octanol–water partition coefficient (Wildman–Crippen LogP) is 3.96. The molecule has 4 heterocycles. The molecular weight excluding hydrogens is 324 g/mol. The van der Waals surface area contributed by atoms with Gasteiger partial charge in [-0.25, -0.2) is 9.97 Å². The summed E-state index contributed by atoms with van der Waals surface area (Å²) in [6, 6.07) is 2.88. The number of aromatic nitrogens is 3. The molecule has 23 heavy (non-hydrogen) atoms. The smallest absolute Gasteiger partial charge is 0.124 e. The molecule has 2 aliphatic rings. The largest absolute Gasteiger partial charge is 0.331 e. The summed E-state index contributed by atoms with van der Waals surface area (Å²) >= 11 is 3.47. The van der Waals surface area contributed by atoms with Gasteiger partial charge in [0.1, 0.15) is 5.01 Å². The Balaban J connectivity index is 1.30. The van der Waals surface area contributed by atoms with Crippen LogP contribution in [0, 0.1) is 0 Å². The number of fused-ring (bicyclic) bond motifs is 1. The van der Waals surface area contributed by atoms with Crippen LogP contribution in [0.2, 0.25) is 0 Å². The standard InChI is InChI=1S/C17H18N4S2/c1-2-14(1)21-11-18-15-8-20(5-3-16(15)21)7-13-10-23-17(19-13)12-4-6-22-9-12/h4,6,9-11,14H,1-3,5,7-8H2. The first-order valence-corrected chi connectivity index (χ1v) is 9.93. The molecule has 0 N–H and O–H groups in total. The molecular formula is C17H18N4S2. The maximum atomic E-state index is 4.80. The van der Waals surface area contributed by atoms with Crippen LogP contribution >= 0.6 is 22.7 Å². The molecule has 0 amide bonds.